The summed E-state index contributed by atoms with van der Waals surface area (Å²) >= 11 is 1.96. The van der Waals surface area contributed by atoms with Crippen molar-refractivity contribution in [2.75, 3.05) is 36.0 Å². The minimum absolute atomic E-state index is 0.130. The lowest BCUT2D eigenvalue weighted by Gasteiger charge is -2.29. The van der Waals surface area contributed by atoms with Gasteiger partial charge in [-0.25, -0.2) is 0 Å². The number of rotatable bonds is 8. The zero-order valence-electron chi connectivity index (χ0n) is 18.9. The number of hydrogen-bond donors (Lipinski definition) is 0. The van der Waals surface area contributed by atoms with Gasteiger partial charge in [-0.05, 0) is 11.5 Å². The Labute approximate surface area is 194 Å². The molecule has 5 nitrogen and oxygen atoms in total. The van der Waals surface area contributed by atoms with Gasteiger partial charge in [-0.2, -0.15) is 11.8 Å². The molecule has 1 aliphatic rings. The molecular formula is C26H31N3O2S. The molecule has 1 aromatic heterocycles. The molecule has 6 heteroatoms. The standard InChI is InChI=1S/C26H31N3O2S/c1-20(2)18-29(24(30)17-21-9-5-3-6-10-21)19-23-25(22-11-7-4-8-12-22)27-31-26(23)28-13-15-32-16-14-28/h3-12,20H,13-19H2,1-2H3. The SMILES string of the molecule is CC(C)CN(Cc1c(-c2ccccc2)noc1N1CCSCC1)C(=O)Cc1ccccc1. The number of aromatic nitrogens is 1. The third kappa shape index (κ3) is 5.54. The number of amides is 1. The Morgan fingerprint density at radius 1 is 1.06 bits per heavy atom. The lowest BCUT2D eigenvalue weighted by atomic mass is 10.0. The van der Waals surface area contributed by atoms with Gasteiger partial charge < -0.3 is 14.3 Å². The van der Waals surface area contributed by atoms with E-state index in [1.165, 1.54) is 0 Å². The summed E-state index contributed by atoms with van der Waals surface area (Å²) in [5, 5.41) is 4.48. The minimum atomic E-state index is 0.130. The molecule has 168 valence electrons. The first-order valence-corrected chi connectivity index (χ1v) is 12.5. The van der Waals surface area contributed by atoms with E-state index in [9.17, 15) is 4.79 Å². The molecule has 4 rings (SSSR count). The Kier molecular flexibility index (Phi) is 7.53. The van der Waals surface area contributed by atoms with E-state index in [2.05, 4.69) is 36.0 Å². The fourth-order valence-electron chi connectivity index (χ4n) is 4.05. The van der Waals surface area contributed by atoms with Gasteiger partial charge in [0.15, 0.2) is 0 Å². The molecule has 0 unspecified atom stereocenters. The van der Waals surface area contributed by atoms with Gasteiger partial charge in [0.1, 0.15) is 5.69 Å². The van der Waals surface area contributed by atoms with Gasteiger partial charge in [-0.15, -0.1) is 0 Å². The van der Waals surface area contributed by atoms with Crippen molar-refractivity contribution in [2.45, 2.75) is 26.8 Å². The van der Waals surface area contributed by atoms with Gasteiger partial charge in [0, 0.05) is 36.7 Å². The van der Waals surface area contributed by atoms with E-state index in [1.54, 1.807) is 0 Å². The van der Waals surface area contributed by atoms with Gasteiger partial charge in [-0.3, -0.25) is 4.79 Å². The molecule has 3 aromatic rings. The van der Waals surface area contributed by atoms with E-state index >= 15 is 0 Å². The lowest BCUT2D eigenvalue weighted by Crippen LogP contribution is -2.36. The molecule has 0 bridgehead atoms. The normalized spacial score (nSPS) is 14.0. The summed E-state index contributed by atoms with van der Waals surface area (Å²) in [5.74, 6) is 3.45. The van der Waals surface area contributed by atoms with Crippen molar-refractivity contribution in [1.29, 1.82) is 0 Å². The molecule has 1 fully saturated rings. The maximum Gasteiger partial charge on any atom is 0.232 e. The van der Waals surface area contributed by atoms with Crippen LogP contribution >= 0.6 is 11.8 Å². The molecule has 0 N–H and O–H groups in total. The van der Waals surface area contributed by atoms with E-state index in [1.807, 2.05) is 65.2 Å². The fraction of sp³-hybridized carbons (Fsp3) is 0.385. The highest BCUT2D eigenvalue weighted by atomic mass is 32.2. The summed E-state index contributed by atoms with van der Waals surface area (Å²) in [6.07, 6.45) is 0.398. The zero-order valence-corrected chi connectivity index (χ0v) is 19.7. The van der Waals surface area contributed by atoms with Crippen LogP contribution in [0.2, 0.25) is 0 Å². The van der Waals surface area contributed by atoms with Crippen molar-refractivity contribution in [1.82, 2.24) is 10.1 Å². The van der Waals surface area contributed by atoms with Gasteiger partial charge in [0.2, 0.25) is 11.8 Å². The van der Waals surface area contributed by atoms with Gasteiger partial charge >= 0.3 is 0 Å². The number of nitrogens with zero attached hydrogens (tertiary/aromatic N) is 3. The van der Waals surface area contributed by atoms with Crippen LogP contribution in [0.4, 0.5) is 5.88 Å². The number of carbonyl (C=O) groups is 1. The second-order valence-corrected chi connectivity index (χ2v) is 9.84. The third-order valence-electron chi connectivity index (χ3n) is 5.60. The smallest absolute Gasteiger partial charge is 0.232 e. The average Bonchev–Trinajstić information content (AvgIpc) is 3.23. The Morgan fingerprint density at radius 2 is 1.72 bits per heavy atom. The number of anilines is 1. The van der Waals surface area contributed by atoms with Crippen molar-refractivity contribution in [3.05, 3.63) is 71.8 Å². The lowest BCUT2D eigenvalue weighted by molar-refractivity contribution is -0.131. The summed E-state index contributed by atoms with van der Waals surface area (Å²) in [4.78, 5) is 17.6. The van der Waals surface area contributed by atoms with Crippen LogP contribution in [0.25, 0.3) is 11.3 Å². The molecule has 32 heavy (non-hydrogen) atoms. The highest BCUT2D eigenvalue weighted by Gasteiger charge is 2.27. The molecule has 2 heterocycles. The Morgan fingerprint density at radius 3 is 2.38 bits per heavy atom. The number of hydrogen-bond acceptors (Lipinski definition) is 5. The van der Waals surface area contributed by atoms with Crippen LogP contribution in [0.3, 0.4) is 0 Å². The predicted molar refractivity (Wildman–Crippen MR) is 132 cm³/mol. The van der Waals surface area contributed by atoms with Crippen LogP contribution in [-0.2, 0) is 17.8 Å². The minimum Gasteiger partial charge on any atom is -0.339 e. The van der Waals surface area contributed by atoms with Crippen LogP contribution in [0.15, 0.2) is 65.2 Å². The third-order valence-corrected chi connectivity index (χ3v) is 6.54. The van der Waals surface area contributed by atoms with Crippen LogP contribution in [-0.4, -0.2) is 47.1 Å². The number of benzene rings is 2. The van der Waals surface area contributed by atoms with Crippen LogP contribution in [0.1, 0.15) is 25.0 Å². The molecule has 1 aliphatic heterocycles. The molecule has 0 radical (unpaired) electrons. The maximum absolute atomic E-state index is 13.4. The van der Waals surface area contributed by atoms with Crippen molar-refractivity contribution < 1.29 is 9.32 Å². The molecule has 0 spiro atoms. The van der Waals surface area contributed by atoms with Gasteiger partial charge in [0.25, 0.3) is 0 Å². The first-order chi connectivity index (χ1) is 15.6. The van der Waals surface area contributed by atoms with Crippen molar-refractivity contribution in [2.24, 2.45) is 5.92 Å². The predicted octanol–water partition coefficient (Wildman–Crippen LogP) is 5.12. The largest absolute Gasteiger partial charge is 0.339 e. The average molecular weight is 450 g/mol. The van der Waals surface area contributed by atoms with Crippen molar-refractivity contribution in [3.8, 4) is 11.3 Å². The van der Waals surface area contributed by atoms with E-state index in [0.29, 0.717) is 25.4 Å². The second kappa shape index (κ2) is 10.7. The van der Waals surface area contributed by atoms with Crippen LogP contribution in [0, 0.1) is 5.92 Å². The molecule has 0 atom stereocenters. The van der Waals surface area contributed by atoms with Gasteiger partial charge in [0.05, 0.1) is 18.5 Å². The monoisotopic (exact) mass is 449 g/mol. The topological polar surface area (TPSA) is 49.6 Å². The zero-order chi connectivity index (χ0) is 22.3. The molecule has 0 saturated carbocycles. The van der Waals surface area contributed by atoms with Gasteiger partial charge in [-0.1, -0.05) is 79.7 Å². The van der Waals surface area contributed by atoms with Crippen LogP contribution < -0.4 is 4.90 Å². The molecule has 1 saturated heterocycles. The molecule has 0 aliphatic carbocycles. The fourth-order valence-corrected chi connectivity index (χ4v) is 4.95. The van der Waals surface area contributed by atoms with Crippen LogP contribution in [0.5, 0.6) is 0 Å². The number of thioether (sulfide) groups is 1. The Balaban J connectivity index is 1.66. The highest BCUT2D eigenvalue weighted by Crippen LogP contribution is 2.34. The van der Waals surface area contributed by atoms with E-state index in [4.69, 9.17) is 4.52 Å². The first kappa shape index (κ1) is 22.5. The maximum atomic E-state index is 13.4. The number of carbonyl (C=O) groups excluding carboxylic acids is 1. The first-order valence-electron chi connectivity index (χ1n) is 11.3. The molecule has 2 aromatic carbocycles. The van der Waals surface area contributed by atoms with E-state index in [0.717, 1.165) is 52.9 Å². The summed E-state index contributed by atoms with van der Waals surface area (Å²) in [6, 6.07) is 20.1. The van der Waals surface area contributed by atoms with Crippen molar-refractivity contribution >= 4 is 23.6 Å². The summed E-state index contributed by atoms with van der Waals surface area (Å²) in [5.41, 5.74) is 3.89. The quantitative estimate of drug-likeness (QED) is 0.478. The summed E-state index contributed by atoms with van der Waals surface area (Å²) in [7, 11) is 0. The summed E-state index contributed by atoms with van der Waals surface area (Å²) in [6.45, 7) is 7.36. The molecular weight excluding hydrogens is 418 g/mol. The summed E-state index contributed by atoms with van der Waals surface area (Å²) < 4.78 is 5.92. The highest BCUT2D eigenvalue weighted by molar-refractivity contribution is 7.99. The van der Waals surface area contributed by atoms with Crippen molar-refractivity contribution in [3.63, 3.8) is 0 Å². The van der Waals surface area contributed by atoms with E-state index in [-0.39, 0.29) is 5.91 Å². The Bertz CT molecular complexity index is 998. The second-order valence-electron chi connectivity index (χ2n) is 8.61. The Hall–Kier alpha value is -2.73. The molecule has 1 amide bonds. The van der Waals surface area contributed by atoms with E-state index < -0.39 is 0 Å².